The van der Waals surface area contributed by atoms with E-state index in [1.807, 2.05) is 6.07 Å². The van der Waals surface area contributed by atoms with E-state index in [0.29, 0.717) is 11.1 Å². The summed E-state index contributed by atoms with van der Waals surface area (Å²) in [5.74, 6) is 0.232. The van der Waals surface area contributed by atoms with Crippen molar-refractivity contribution in [3.8, 4) is 6.07 Å². The van der Waals surface area contributed by atoms with E-state index in [1.165, 1.54) is 0 Å². The molecular formula is C10H8BF3KN. The second-order valence-corrected chi connectivity index (χ2v) is 3.02. The Morgan fingerprint density at radius 2 is 1.88 bits per heavy atom. The van der Waals surface area contributed by atoms with Gasteiger partial charge < -0.3 is 12.9 Å². The Morgan fingerprint density at radius 3 is 2.44 bits per heavy atom. The fraction of sp³-hybridized carbons (Fsp3) is 0.100. The van der Waals surface area contributed by atoms with Crippen LogP contribution in [0.15, 0.2) is 30.2 Å². The molecule has 0 bridgehead atoms. The van der Waals surface area contributed by atoms with Gasteiger partial charge in [-0.05, 0) is 11.1 Å². The standard InChI is InChI=1S/C10H8BF3N.K/c12-11(13,14)7-5-9-3-1-2-4-10(9)6-8-15;/h1-5,7H,6H2;/q-1;+1/b7-5+;. The first kappa shape index (κ1) is 15.9. The van der Waals surface area contributed by atoms with Crippen LogP contribution in [0.3, 0.4) is 0 Å². The molecule has 1 aromatic carbocycles. The summed E-state index contributed by atoms with van der Waals surface area (Å²) in [6.07, 6.45) is 1.12. The first-order valence-corrected chi connectivity index (χ1v) is 4.37. The average Bonchev–Trinajstić information content (AvgIpc) is 2.16. The van der Waals surface area contributed by atoms with Crippen molar-refractivity contribution in [2.75, 3.05) is 0 Å². The van der Waals surface area contributed by atoms with Gasteiger partial charge in [-0.2, -0.15) is 5.26 Å². The molecule has 0 fully saturated rings. The van der Waals surface area contributed by atoms with Crippen molar-refractivity contribution in [2.45, 2.75) is 6.42 Å². The molecule has 0 heterocycles. The second kappa shape index (κ2) is 7.30. The first-order valence-electron chi connectivity index (χ1n) is 4.37. The molecule has 0 unspecified atom stereocenters. The molecule has 6 heteroatoms. The molecule has 0 aliphatic heterocycles. The summed E-state index contributed by atoms with van der Waals surface area (Å²) in [6, 6.07) is 8.46. The predicted molar refractivity (Wildman–Crippen MR) is 53.9 cm³/mol. The minimum atomic E-state index is -4.92. The second-order valence-electron chi connectivity index (χ2n) is 3.02. The van der Waals surface area contributed by atoms with E-state index in [-0.39, 0.29) is 63.8 Å². The van der Waals surface area contributed by atoms with Gasteiger partial charge in [0.15, 0.2) is 0 Å². The zero-order chi connectivity index (χ0) is 11.3. The summed E-state index contributed by atoms with van der Waals surface area (Å²) in [7, 11) is 0. The van der Waals surface area contributed by atoms with Gasteiger partial charge in [-0.1, -0.05) is 30.3 Å². The van der Waals surface area contributed by atoms with Crippen LogP contribution in [-0.2, 0) is 6.42 Å². The summed E-state index contributed by atoms with van der Waals surface area (Å²) in [5.41, 5.74) is 1.05. The van der Waals surface area contributed by atoms with Crippen molar-refractivity contribution in [1.82, 2.24) is 0 Å². The zero-order valence-corrected chi connectivity index (χ0v) is 12.0. The van der Waals surface area contributed by atoms with E-state index in [2.05, 4.69) is 0 Å². The predicted octanol–water partition coefficient (Wildman–Crippen LogP) is 0.156. The van der Waals surface area contributed by atoms with Crippen LogP contribution in [-0.4, -0.2) is 6.98 Å². The van der Waals surface area contributed by atoms with Crippen molar-refractivity contribution < 1.29 is 64.3 Å². The molecule has 1 aromatic rings. The molecule has 1 rings (SSSR count). The molecule has 0 atom stereocenters. The van der Waals surface area contributed by atoms with E-state index in [1.54, 1.807) is 24.3 Å². The number of nitriles is 1. The first-order chi connectivity index (χ1) is 7.03. The summed E-state index contributed by atoms with van der Waals surface area (Å²) in [4.78, 5) is 0. The van der Waals surface area contributed by atoms with Gasteiger partial charge in [0, 0.05) is 0 Å². The van der Waals surface area contributed by atoms with Crippen LogP contribution < -0.4 is 51.4 Å². The van der Waals surface area contributed by atoms with Gasteiger partial charge in [0.1, 0.15) is 0 Å². The molecule has 0 amide bonds. The number of hydrogen-bond donors (Lipinski definition) is 0. The summed E-state index contributed by atoms with van der Waals surface area (Å²) < 4.78 is 35.9. The van der Waals surface area contributed by atoms with Crippen molar-refractivity contribution in [3.63, 3.8) is 0 Å². The van der Waals surface area contributed by atoms with Crippen LogP contribution in [0.1, 0.15) is 11.1 Å². The van der Waals surface area contributed by atoms with Crippen molar-refractivity contribution in [2.24, 2.45) is 0 Å². The van der Waals surface area contributed by atoms with Gasteiger partial charge in [-0.15, -0.1) is 5.98 Å². The van der Waals surface area contributed by atoms with Crippen LogP contribution in [0.5, 0.6) is 0 Å². The number of halogens is 3. The van der Waals surface area contributed by atoms with Crippen LogP contribution in [0, 0.1) is 11.3 Å². The molecule has 0 aromatic heterocycles. The number of rotatable bonds is 3. The summed E-state index contributed by atoms with van der Waals surface area (Å²) >= 11 is 0. The van der Waals surface area contributed by atoms with E-state index < -0.39 is 6.98 Å². The number of benzene rings is 1. The Morgan fingerprint density at radius 1 is 1.25 bits per heavy atom. The Bertz CT molecular complexity index is 409. The minimum absolute atomic E-state index is 0. The SMILES string of the molecule is N#CCc1ccccc1/C=C/[B-](F)(F)F.[K+]. The molecule has 0 aliphatic carbocycles. The van der Waals surface area contributed by atoms with Crippen LogP contribution >= 0.6 is 0 Å². The van der Waals surface area contributed by atoms with Gasteiger partial charge >= 0.3 is 58.4 Å². The molecule has 78 valence electrons. The largest absolute Gasteiger partial charge is 1.00 e. The van der Waals surface area contributed by atoms with E-state index in [4.69, 9.17) is 5.26 Å². The van der Waals surface area contributed by atoms with Crippen molar-refractivity contribution in [1.29, 1.82) is 5.26 Å². The van der Waals surface area contributed by atoms with E-state index >= 15 is 0 Å². The molecule has 0 spiro atoms. The third-order valence-corrected chi connectivity index (χ3v) is 1.82. The Balaban J connectivity index is 0.00000225. The fourth-order valence-corrected chi connectivity index (χ4v) is 1.16. The van der Waals surface area contributed by atoms with Crippen molar-refractivity contribution >= 4 is 13.1 Å². The van der Waals surface area contributed by atoms with Gasteiger partial charge in [-0.3, -0.25) is 0 Å². The Labute approximate surface area is 135 Å². The van der Waals surface area contributed by atoms with E-state index in [9.17, 15) is 12.9 Å². The van der Waals surface area contributed by atoms with Gasteiger partial charge in [0.25, 0.3) is 0 Å². The summed E-state index contributed by atoms with van der Waals surface area (Å²) in [6.45, 7) is -4.92. The third kappa shape index (κ3) is 5.87. The molecule has 0 radical (unpaired) electrons. The molecule has 0 saturated heterocycles. The Hall–Kier alpha value is -0.0587. The van der Waals surface area contributed by atoms with Gasteiger partial charge in [0.05, 0.1) is 12.5 Å². The third-order valence-electron chi connectivity index (χ3n) is 1.82. The van der Waals surface area contributed by atoms with Crippen LogP contribution in [0.4, 0.5) is 12.9 Å². The number of nitrogens with zero attached hydrogens (tertiary/aromatic N) is 1. The van der Waals surface area contributed by atoms with E-state index in [0.717, 1.165) is 6.08 Å². The Kier molecular flexibility index (Phi) is 7.28. The zero-order valence-electron chi connectivity index (χ0n) is 8.83. The molecule has 16 heavy (non-hydrogen) atoms. The molecule has 1 nitrogen and oxygen atoms in total. The molecule has 0 saturated carbocycles. The quantitative estimate of drug-likeness (QED) is 0.700. The fourth-order valence-electron chi connectivity index (χ4n) is 1.16. The number of hydrogen-bond acceptors (Lipinski definition) is 1. The topological polar surface area (TPSA) is 23.8 Å². The maximum absolute atomic E-state index is 12.0. The minimum Gasteiger partial charge on any atom is -0.445 e. The van der Waals surface area contributed by atoms with Gasteiger partial charge in [-0.25, -0.2) is 0 Å². The maximum Gasteiger partial charge on any atom is 1.00 e. The molecule has 0 aliphatic rings. The van der Waals surface area contributed by atoms with Gasteiger partial charge in [0.2, 0.25) is 0 Å². The van der Waals surface area contributed by atoms with Crippen LogP contribution in [0.25, 0.3) is 6.08 Å². The maximum atomic E-state index is 12.0. The normalized spacial score (nSPS) is 10.9. The summed E-state index contributed by atoms with van der Waals surface area (Å²) in [5, 5.41) is 8.48. The smallest absolute Gasteiger partial charge is 0.445 e. The van der Waals surface area contributed by atoms with Crippen LogP contribution in [0.2, 0.25) is 0 Å². The molecular weight excluding hydrogens is 241 g/mol. The average molecular weight is 249 g/mol. The molecule has 0 N–H and O–H groups in total. The monoisotopic (exact) mass is 249 g/mol. The van der Waals surface area contributed by atoms with Crippen molar-refractivity contribution in [3.05, 3.63) is 41.4 Å².